The molecule has 0 unspecified atom stereocenters. The number of hydrogen-bond donors (Lipinski definition) is 0. The first kappa shape index (κ1) is 20.0. The quantitative estimate of drug-likeness (QED) is 0.273. The van der Waals surface area contributed by atoms with Crippen molar-refractivity contribution in [2.24, 2.45) is 11.8 Å². The van der Waals surface area contributed by atoms with Crippen LogP contribution in [0.15, 0.2) is 11.6 Å². The van der Waals surface area contributed by atoms with Crippen molar-refractivity contribution in [1.82, 2.24) is 0 Å². The molecule has 0 bridgehead atoms. The lowest BCUT2D eigenvalue weighted by Crippen LogP contribution is -2.58. The second-order valence-corrected chi connectivity index (χ2v) is 6.81. The van der Waals surface area contributed by atoms with Crippen molar-refractivity contribution in [3.8, 4) is 0 Å². The standard InChI is InChI=1S/C18H20O10/c1-7(19)24-6-12-16(26-9(3)21)15(25-8(2)20)11-5-4-10-13(14(11)27-12)18(23)28-17(10)22/h5,10,12-16H,4,6H2,1-3H3/t10-,12+,13-,14+,15+,16+/m0/s1. The first-order chi connectivity index (χ1) is 13.2. The second-order valence-electron chi connectivity index (χ2n) is 6.81. The van der Waals surface area contributed by atoms with E-state index in [2.05, 4.69) is 0 Å². The summed E-state index contributed by atoms with van der Waals surface area (Å²) in [7, 11) is 0. The maximum absolute atomic E-state index is 12.2. The van der Waals surface area contributed by atoms with Crippen molar-refractivity contribution in [2.75, 3.05) is 6.61 Å². The van der Waals surface area contributed by atoms with Crippen LogP contribution < -0.4 is 0 Å². The van der Waals surface area contributed by atoms with Crippen LogP contribution in [0.3, 0.4) is 0 Å². The summed E-state index contributed by atoms with van der Waals surface area (Å²) in [5.74, 6) is -4.88. The van der Waals surface area contributed by atoms with Gasteiger partial charge < -0.3 is 23.7 Å². The third kappa shape index (κ3) is 3.77. The number of ether oxygens (including phenoxy) is 5. The van der Waals surface area contributed by atoms with E-state index in [1.165, 1.54) is 20.8 Å². The van der Waals surface area contributed by atoms with Gasteiger partial charge in [0.1, 0.15) is 18.6 Å². The number of esters is 5. The fraction of sp³-hybridized carbons (Fsp3) is 0.611. The third-order valence-electron chi connectivity index (χ3n) is 4.83. The summed E-state index contributed by atoms with van der Waals surface area (Å²) in [5.41, 5.74) is 0.411. The van der Waals surface area contributed by atoms with E-state index in [0.717, 1.165) is 0 Å². The summed E-state index contributed by atoms with van der Waals surface area (Å²) in [6, 6.07) is 0. The highest BCUT2D eigenvalue weighted by Gasteiger charge is 2.58. The van der Waals surface area contributed by atoms with E-state index >= 15 is 0 Å². The van der Waals surface area contributed by atoms with Crippen LogP contribution in [0.1, 0.15) is 27.2 Å². The van der Waals surface area contributed by atoms with Crippen LogP contribution in [0.4, 0.5) is 0 Å². The zero-order valence-corrected chi connectivity index (χ0v) is 15.5. The van der Waals surface area contributed by atoms with Crippen LogP contribution in [0.25, 0.3) is 0 Å². The molecule has 0 aromatic carbocycles. The number of cyclic esters (lactones) is 2. The molecule has 0 amide bonds. The van der Waals surface area contributed by atoms with Gasteiger partial charge in [-0.3, -0.25) is 24.0 Å². The van der Waals surface area contributed by atoms with Gasteiger partial charge in [0.05, 0.1) is 12.0 Å². The minimum Gasteiger partial charge on any atom is -0.463 e. The SMILES string of the molecule is CC(=O)OC[C@H]1O[C@@H]2C(=CC[C@@H]3C(=O)OC(=O)[C@@H]32)[C@@H](OC(C)=O)[C@@H]1OC(C)=O. The smallest absolute Gasteiger partial charge is 0.320 e. The topological polar surface area (TPSA) is 132 Å². The average molecular weight is 396 g/mol. The molecule has 3 rings (SSSR count). The van der Waals surface area contributed by atoms with Crippen LogP contribution in [-0.4, -0.2) is 60.9 Å². The van der Waals surface area contributed by atoms with Gasteiger partial charge >= 0.3 is 29.8 Å². The highest BCUT2D eigenvalue weighted by molar-refractivity contribution is 5.97. The van der Waals surface area contributed by atoms with Crippen molar-refractivity contribution < 1.29 is 47.7 Å². The Bertz CT molecular complexity index is 753. The molecule has 28 heavy (non-hydrogen) atoms. The summed E-state index contributed by atoms with van der Waals surface area (Å²) in [6.07, 6.45) is -2.25. The molecule has 0 radical (unpaired) electrons. The average Bonchev–Trinajstić information content (AvgIpc) is 2.88. The molecule has 2 saturated heterocycles. The molecule has 2 fully saturated rings. The Labute approximate surface area is 160 Å². The summed E-state index contributed by atoms with van der Waals surface area (Å²) in [5, 5.41) is 0. The normalized spacial score (nSPS) is 33.8. The number of hydrogen-bond acceptors (Lipinski definition) is 10. The number of fused-ring (bicyclic) bond motifs is 3. The minimum absolute atomic E-state index is 0.198. The molecule has 0 aromatic heterocycles. The Hall–Kier alpha value is -2.75. The zero-order valence-electron chi connectivity index (χ0n) is 15.5. The molecule has 6 atom stereocenters. The van der Waals surface area contributed by atoms with E-state index < -0.39 is 66.1 Å². The lowest BCUT2D eigenvalue weighted by molar-refractivity contribution is -0.206. The predicted octanol–water partition coefficient (Wildman–Crippen LogP) is -0.174. The Morgan fingerprint density at radius 2 is 1.71 bits per heavy atom. The van der Waals surface area contributed by atoms with E-state index in [4.69, 9.17) is 23.7 Å². The zero-order chi connectivity index (χ0) is 20.6. The van der Waals surface area contributed by atoms with Gasteiger partial charge in [-0.05, 0) is 12.0 Å². The Morgan fingerprint density at radius 1 is 1.04 bits per heavy atom. The molecule has 2 heterocycles. The highest BCUT2D eigenvalue weighted by Crippen LogP contribution is 2.44. The molecule has 10 heteroatoms. The Balaban J connectivity index is 1.99. The molecule has 0 N–H and O–H groups in total. The first-order valence-corrected chi connectivity index (χ1v) is 8.77. The van der Waals surface area contributed by atoms with Crippen molar-refractivity contribution in [1.29, 1.82) is 0 Å². The van der Waals surface area contributed by atoms with E-state index in [9.17, 15) is 24.0 Å². The molecule has 0 spiro atoms. The third-order valence-corrected chi connectivity index (χ3v) is 4.83. The van der Waals surface area contributed by atoms with E-state index in [-0.39, 0.29) is 13.0 Å². The molecule has 1 aliphatic carbocycles. The summed E-state index contributed by atoms with van der Waals surface area (Å²) in [4.78, 5) is 58.6. The van der Waals surface area contributed by atoms with Gasteiger partial charge in [0, 0.05) is 20.8 Å². The lowest BCUT2D eigenvalue weighted by atomic mass is 9.74. The molecule has 3 aliphatic rings. The number of carbonyl (C=O) groups excluding carboxylic acids is 5. The van der Waals surface area contributed by atoms with Crippen molar-refractivity contribution in [3.63, 3.8) is 0 Å². The molecular weight excluding hydrogens is 376 g/mol. The summed E-state index contributed by atoms with van der Waals surface area (Å²) in [6.45, 7) is 3.27. The fourth-order valence-electron chi connectivity index (χ4n) is 3.79. The van der Waals surface area contributed by atoms with Crippen molar-refractivity contribution in [3.05, 3.63) is 11.6 Å². The number of rotatable bonds is 4. The molecule has 152 valence electrons. The van der Waals surface area contributed by atoms with Gasteiger partial charge in [0.25, 0.3) is 0 Å². The largest absolute Gasteiger partial charge is 0.463 e. The van der Waals surface area contributed by atoms with E-state index in [1.807, 2.05) is 0 Å². The molecule has 0 aromatic rings. The fourth-order valence-corrected chi connectivity index (χ4v) is 3.79. The monoisotopic (exact) mass is 396 g/mol. The van der Waals surface area contributed by atoms with Crippen molar-refractivity contribution in [2.45, 2.75) is 51.6 Å². The van der Waals surface area contributed by atoms with Gasteiger partial charge in [0.15, 0.2) is 12.2 Å². The van der Waals surface area contributed by atoms with Gasteiger partial charge in [0.2, 0.25) is 0 Å². The molecular formula is C18H20O10. The predicted molar refractivity (Wildman–Crippen MR) is 87.2 cm³/mol. The minimum atomic E-state index is -1.09. The van der Waals surface area contributed by atoms with Crippen molar-refractivity contribution >= 4 is 29.8 Å². The summed E-state index contributed by atoms with van der Waals surface area (Å²) < 4.78 is 26.3. The Morgan fingerprint density at radius 3 is 2.32 bits per heavy atom. The number of allylic oxidation sites excluding steroid dienone is 1. The van der Waals surface area contributed by atoms with Crippen LogP contribution in [-0.2, 0) is 47.7 Å². The molecule has 0 saturated carbocycles. The highest BCUT2D eigenvalue weighted by atomic mass is 16.6. The van der Waals surface area contributed by atoms with Crippen LogP contribution in [0.2, 0.25) is 0 Å². The number of carbonyl (C=O) groups is 5. The van der Waals surface area contributed by atoms with E-state index in [1.54, 1.807) is 6.08 Å². The van der Waals surface area contributed by atoms with Crippen LogP contribution in [0, 0.1) is 11.8 Å². The molecule has 2 aliphatic heterocycles. The summed E-state index contributed by atoms with van der Waals surface area (Å²) >= 11 is 0. The lowest BCUT2D eigenvalue weighted by Gasteiger charge is -2.45. The van der Waals surface area contributed by atoms with Gasteiger partial charge in [-0.1, -0.05) is 6.08 Å². The van der Waals surface area contributed by atoms with Crippen LogP contribution >= 0.6 is 0 Å². The van der Waals surface area contributed by atoms with Gasteiger partial charge in [-0.25, -0.2) is 0 Å². The maximum Gasteiger partial charge on any atom is 0.320 e. The van der Waals surface area contributed by atoms with Crippen LogP contribution in [0.5, 0.6) is 0 Å². The van der Waals surface area contributed by atoms with Gasteiger partial charge in [-0.15, -0.1) is 0 Å². The second kappa shape index (κ2) is 7.70. The molecule has 10 nitrogen and oxygen atoms in total. The first-order valence-electron chi connectivity index (χ1n) is 8.77. The maximum atomic E-state index is 12.2. The Kier molecular flexibility index (Phi) is 5.50. The van der Waals surface area contributed by atoms with Gasteiger partial charge in [-0.2, -0.15) is 0 Å². The van der Waals surface area contributed by atoms with E-state index in [0.29, 0.717) is 5.57 Å².